The summed E-state index contributed by atoms with van der Waals surface area (Å²) in [4.78, 5) is 4.01. The van der Waals surface area contributed by atoms with Gasteiger partial charge in [-0.1, -0.05) is 12.1 Å². The molecule has 0 saturated heterocycles. The van der Waals surface area contributed by atoms with Gasteiger partial charge in [0.1, 0.15) is 11.8 Å². The monoisotopic (exact) mass is 203 g/mol. The Hall–Kier alpha value is -0.930. The van der Waals surface area contributed by atoms with Crippen LogP contribution in [-0.4, -0.2) is 15.2 Å². The second kappa shape index (κ2) is 4.85. The van der Waals surface area contributed by atoms with Gasteiger partial charge in [-0.05, 0) is 12.1 Å². The van der Waals surface area contributed by atoms with Gasteiger partial charge in [0, 0.05) is 0 Å². The van der Waals surface area contributed by atoms with Crippen LogP contribution in [0.1, 0.15) is 0 Å². The predicted molar refractivity (Wildman–Crippen MR) is 51.8 cm³/mol. The minimum absolute atomic E-state index is 0. The van der Waals surface area contributed by atoms with Crippen LogP contribution in [0.3, 0.4) is 0 Å². The van der Waals surface area contributed by atoms with Crippen molar-refractivity contribution in [2.24, 2.45) is 0 Å². The van der Waals surface area contributed by atoms with Gasteiger partial charge in [0.05, 0.1) is 5.52 Å². The largest absolute Gasteiger partial charge is 0.233 e. The van der Waals surface area contributed by atoms with Crippen LogP contribution >= 0.6 is 24.8 Å². The van der Waals surface area contributed by atoms with Gasteiger partial charge in [-0.3, -0.25) is 0 Å². The second-order valence-corrected chi connectivity index (χ2v) is 1.95. The molecule has 0 fully saturated rings. The number of fused-ring (bicyclic) bond motifs is 1. The number of rotatable bonds is 0. The van der Waals surface area contributed by atoms with E-state index in [4.69, 9.17) is 0 Å². The van der Waals surface area contributed by atoms with Crippen molar-refractivity contribution in [1.29, 1.82) is 0 Å². The Morgan fingerprint density at radius 1 is 0.917 bits per heavy atom. The molecule has 1 aromatic carbocycles. The van der Waals surface area contributed by atoms with Crippen LogP contribution in [0.15, 0.2) is 30.6 Å². The van der Waals surface area contributed by atoms with Crippen LogP contribution in [0, 0.1) is 0 Å². The summed E-state index contributed by atoms with van der Waals surface area (Å²) in [5.41, 5.74) is 1.72. The number of hydrogen-bond acceptors (Lipinski definition) is 3. The van der Waals surface area contributed by atoms with E-state index >= 15 is 0 Å². The van der Waals surface area contributed by atoms with Gasteiger partial charge in [0.2, 0.25) is 0 Å². The van der Waals surface area contributed by atoms with E-state index in [9.17, 15) is 0 Å². The standard InChI is InChI=1S/C7H5N3.2ClH/c1-2-4-7-6(3-1)8-5-9-10-7;;/h1-5H;2*1H. The first-order chi connectivity index (χ1) is 4.97. The molecule has 0 aliphatic heterocycles. The molecular formula is C7H7Cl2N3. The lowest BCUT2D eigenvalue weighted by atomic mass is 10.3. The van der Waals surface area contributed by atoms with Gasteiger partial charge in [-0.15, -0.1) is 35.0 Å². The van der Waals surface area contributed by atoms with Crippen molar-refractivity contribution in [3.8, 4) is 0 Å². The molecule has 2 aromatic rings. The molecule has 1 heterocycles. The number of hydrogen-bond donors (Lipinski definition) is 0. The molecule has 64 valence electrons. The highest BCUT2D eigenvalue weighted by Crippen LogP contribution is 2.03. The first kappa shape index (κ1) is 11.1. The van der Waals surface area contributed by atoms with Crippen molar-refractivity contribution in [1.82, 2.24) is 15.2 Å². The summed E-state index contributed by atoms with van der Waals surface area (Å²) in [6.07, 6.45) is 1.45. The molecule has 0 N–H and O–H groups in total. The summed E-state index contributed by atoms with van der Waals surface area (Å²) in [6, 6.07) is 7.63. The molecule has 5 heteroatoms. The van der Waals surface area contributed by atoms with E-state index in [1.54, 1.807) is 0 Å². The molecule has 0 spiro atoms. The van der Waals surface area contributed by atoms with Gasteiger partial charge in [0.15, 0.2) is 0 Å². The van der Waals surface area contributed by atoms with Crippen LogP contribution in [0.2, 0.25) is 0 Å². The average molecular weight is 204 g/mol. The Bertz CT molecular complexity index is 288. The van der Waals surface area contributed by atoms with E-state index in [2.05, 4.69) is 15.2 Å². The third-order valence-electron chi connectivity index (χ3n) is 1.30. The van der Waals surface area contributed by atoms with Gasteiger partial charge >= 0.3 is 0 Å². The lowest BCUT2D eigenvalue weighted by Crippen LogP contribution is -1.84. The number of benzene rings is 1. The minimum Gasteiger partial charge on any atom is -0.233 e. The second-order valence-electron chi connectivity index (χ2n) is 1.95. The first-order valence-corrected chi connectivity index (χ1v) is 2.99. The predicted octanol–water partition coefficient (Wildman–Crippen LogP) is 1.87. The Morgan fingerprint density at radius 2 is 1.58 bits per heavy atom. The zero-order chi connectivity index (χ0) is 6.81. The summed E-state index contributed by atoms with van der Waals surface area (Å²) >= 11 is 0. The Morgan fingerprint density at radius 3 is 2.25 bits per heavy atom. The molecule has 12 heavy (non-hydrogen) atoms. The van der Waals surface area contributed by atoms with E-state index in [-0.39, 0.29) is 24.8 Å². The van der Waals surface area contributed by atoms with E-state index in [0.29, 0.717) is 0 Å². The van der Waals surface area contributed by atoms with Crippen molar-refractivity contribution in [2.75, 3.05) is 0 Å². The molecule has 0 aliphatic carbocycles. The highest BCUT2D eigenvalue weighted by atomic mass is 35.5. The van der Waals surface area contributed by atoms with Crippen LogP contribution in [0.4, 0.5) is 0 Å². The number of para-hydroxylation sites is 1. The fourth-order valence-corrected chi connectivity index (χ4v) is 0.834. The Labute approximate surface area is 82.0 Å². The van der Waals surface area contributed by atoms with Crippen LogP contribution < -0.4 is 0 Å². The van der Waals surface area contributed by atoms with Gasteiger partial charge in [0.25, 0.3) is 0 Å². The molecule has 2 rings (SSSR count). The maximum Gasteiger partial charge on any atom is 0.138 e. The van der Waals surface area contributed by atoms with Crippen molar-refractivity contribution in [3.05, 3.63) is 30.6 Å². The van der Waals surface area contributed by atoms with E-state index in [1.165, 1.54) is 6.33 Å². The fraction of sp³-hybridized carbons (Fsp3) is 0. The van der Waals surface area contributed by atoms with Crippen LogP contribution in [-0.2, 0) is 0 Å². The summed E-state index contributed by atoms with van der Waals surface area (Å²) in [7, 11) is 0. The van der Waals surface area contributed by atoms with E-state index in [1.807, 2.05) is 24.3 Å². The number of nitrogens with zero attached hydrogens (tertiary/aromatic N) is 3. The third kappa shape index (κ3) is 2.03. The number of halogens is 2. The normalized spacial score (nSPS) is 8.33. The molecule has 0 saturated carbocycles. The van der Waals surface area contributed by atoms with Crippen molar-refractivity contribution < 1.29 is 0 Å². The third-order valence-corrected chi connectivity index (χ3v) is 1.30. The Kier molecular flexibility index (Phi) is 4.47. The first-order valence-electron chi connectivity index (χ1n) is 2.99. The summed E-state index contributed by atoms with van der Waals surface area (Å²) in [5.74, 6) is 0. The van der Waals surface area contributed by atoms with Crippen molar-refractivity contribution in [2.45, 2.75) is 0 Å². The van der Waals surface area contributed by atoms with Crippen LogP contribution in [0.25, 0.3) is 11.0 Å². The molecule has 1 aromatic heterocycles. The SMILES string of the molecule is Cl.Cl.c1ccc2nncnc2c1. The molecule has 0 amide bonds. The fourth-order valence-electron chi connectivity index (χ4n) is 0.834. The maximum atomic E-state index is 4.01. The molecule has 0 radical (unpaired) electrons. The maximum absolute atomic E-state index is 4.01. The Balaban J connectivity index is 0.000000605. The minimum atomic E-state index is 0. The quantitative estimate of drug-likeness (QED) is 0.657. The van der Waals surface area contributed by atoms with Crippen molar-refractivity contribution >= 4 is 35.8 Å². The molecule has 3 nitrogen and oxygen atoms in total. The molecule has 0 bridgehead atoms. The molecular weight excluding hydrogens is 197 g/mol. The molecule has 0 atom stereocenters. The smallest absolute Gasteiger partial charge is 0.138 e. The summed E-state index contributed by atoms with van der Waals surface area (Å²) in [5, 5.41) is 7.52. The zero-order valence-electron chi connectivity index (χ0n) is 6.04. The van der Waals surface area contributed by atoms with Crippen LogP contribution in [0.5, 0.6) is 0 Å². The van der Waals surface area contributed by atoms with Gasteiger partial charge in [-0.25, -0.2) is 4.98 Å². The molecule has 0 aliphatic rings. The van der Waals surface area contributed by atoms with Gasteiger partial charge in [-0.2, -0.15) is 0 Å². The topological polar surface area (TPSA) is 38.7 Å². The lowest BCUT2D eigenvalue weighted by molar-refractivity contribution is 1.02. The average Bonchev–Trinajstić information content (AvgIpc) is 2.05. The van der Waals surface area contributed by atoms with E-state index < -0.39 is 0 Å². The summed E-state index contributed by atoms with van der Waals surface area (Å²) < 4.78 is 0. The lowest BCUT2D eigenvalue weighted by Gasteiger charge is -1.89. The number of aromatic nitrogens is 3. The highest BCUT2D eigenvalue weighted by molar-refractivity contribution is 5.85. The van der Waals surface area contributed by atoms with Crippen molar-refractivity contribution in [3.63, 3.8) is 0 Å². The van der Waals surface area contributed by atoms with E-state index in [0.717, 1.165) is 11.0 Å². The highest BCUT2D eigenvalue weighted by Gasteiger charge is 1.89. The molecule has 0 unspecified atom stereocenters. The summed E-state index contributed by atoms with van der Waals surface area (Å²) in [6.45, 7) is 0. The van der Waals surface area contributed by atoms with Gasteiger partial charge < -0.3 is 0 Å². The zero-order valence-corrected chi connectivity index (χ0v) is 7.68.